The van der Waals surface area contributed by atoms with E-state index < -0.39 is 0 Å². The minimum Gasteiger partial charge on any atom is -0.489 e. The molecule has 88 valence electrons. The molecule has 0 amide bonds. The fourth-order valence-corrected chi connectivity index (χ4v) is 1.88. The van der Waals surface area contributed by atoms with Crippen LogP contribution < -0.4 is 4.74 Å². The molecule has 0 aliphatic heterocycles. The van der Waals surface area contributed by atoms with Gasteiger partial charge in [0.15, 0.2) is 0 Å². The molecular formula is C16H18O. The molecule has 2 rings (SSSR count). The highest BCUT2D eigenvalue weighted by atomic mass is 16.5. The lowest BCUT2D eigenvalue weighted by molar-refractivity contribution is 0.303. The molecule has 0 radical (unpaired) electrons. The van der Waals surface area contributed by atoms with Crippen LogP contribution in [0, 0.1) is 20.8 Å². The Hall–Kier alpha value is -1.76. The molecule has 0 heterocycles. The standard InChI is InChI=1S/C16H18O/c1-12-8-9-15(14(3)10-12)11-17-16-7-5-4-6-13(16)2/h4-10H,11H2,1-3H3. The van der Waals surface area contributed by atoms with Gasteiger partial charge in [0.05, 0.1) is 0 Å². The van der Waals surface area contributed by atoms with E-state index in [-0.39, 0.29) is 0 Å². The SMILES string of the molecule is Cc1ccc(COc2ccccc2C)c(C)c1. The van der Waals surface area contributed by atoms with Crippen LogP contribution in [0.1, 0.15) is 22.3 Å². The second-order valence-corrected chi connectivity index (χ2v) is 4.48. The maximum atomic E-state index is 5.84. The number of ether oxygens (including phenoxy) is 1. The summed E-state index contributed by atoms with van der Waals surface area (Å²) >= 11 is 0. The van der Waals surface area contributed by atoms with Gasteiger partial charge in [-0.05, 0) is 43.5 Å². The van der Waals surface area contributed by atoms with Crippen LogP contribution >= 0.6 is 0 Å². The number of hydrogen-bond acceptors (Lipinski definition) is 1. The predicted molar refractivity (Wildman–Crippen MR) is 71.4 cm³/mol. The van der Waals surface area contributed by atoms with Crippen molar-refractivity contribution in [1.82, 2.24) is 0 Å². The van der Waals surface area contributed by atoms with E-state index in [1.165, 1.54) is 22.3 Å². The molecule has 2 aromatic carbocycles. The summed E-state index contributed by atoms with van der Waals surface area (Å²) in [4.78, 5) is 0. The summed E-state index contributed by atoms with van der Waals surface area (Å²) in [6.07, 6.45) is 0. The van der Waals surface area contributed by atoms with Gasteiger partial charge in [0, 0.05) is 0 Å². The molecule has 0 unspecified atom stereocenters. The van der Waals surface area contributed by atoms with Crippen molar-refractivity contribution in [3.05, 3.63) is 64.7 Å². The third-order valence-corrected chi connectivity index (χ3v) is 2.97. The highest BCUT2D eigenvalue weighted by molar-refractivity contribution is 5.33. The largest absolute Gasteiger partial charge is 0.489 e. The maximum absolute atomic E-state index is 5.84. The smallest absolute Gasteiger partial charge is 0.122 e. The highest BCUT2D eigenvalue weighted by Gasteiger charge is 2.01. The highest BCUT2D eigenvalue weighted by Crippen LogP contribution is 2.19. The van der Waals surface area contributed by atoms with E-state index in [1.807, 2.05) is 18.2 Å². The van der Waals surface area contributed by atoms with Gasteiger partial charge in [0.1, 0.15) is 12.4 Å². The molecule has 0 saturated carbocycles. The van der Waals surface area contributed by atoms with Gasteiger partial charge in [-0.3, -0.25) is 0 Å². The van der Waals surface area contributed by atoms with Crippen molar-refractivity contribution in [3.8, 4) is 5.75 Å². The van der Waals surface area contributed by atoms with Gasteiger partial charge in [-0.25, -0.2) is 0 Å². The zero-order chi connectivity index (χ0) is 12.3. The molecule has 1 heteroatoms. The lowest BCUT2D eigenvalue weighted by Gasteiger charge is -2.11. The molecule has 0 aromatic heterocycles. The van der Waals surface area contributed by atoms with Crippen LogP contribution in [0.2, 0.25) is 0 Å². The van der Waals surface area contributed by atoms with Crippen molar-refractivity contribution in [2.24, 2.45) is 0 Å². The summed E-state index contributed by atoms with van der Waals surface area (Å²) in [5.41, 5.74) is 5.01. The molecule has 0 atom stereocenters. The van der Waals surface area contributed by atoms with Crippen LogP contribution in [-0.4, -0.2) is 0 Å². The molecule has 0 bridgehead atoms. The molecule has 17 heavy (non-hydrogen) atoms. The maximum Gasteiger partial charge on any atom is 0.122 e. The van der Waals surface area contributed by atoms with Crippen LogP contribution in [0.25, 0.3) is 0 Å². The second-order valence-electron chi connectivity index (χ2n) is 4.48. The molecule has 0 saturated heterocycles. The Morgan fingerprint density at radius 1 is 0.882 bits per heavy atom. The summed E-state index contributed by atoms with van der Waals surface area (Å²) in [6, 6.07) is 14.6. The zero-order valence-electron chi connectivity index (χ0n) is 10.7. The molecule has 0 N–H and O–H groups in total. The van der Waals surface area contributed by atoms with E-state index in [4.69, 9.17) is 4.74 Å². The Labute approximate surface area is 103 Å². The van der Waals surface area contributed by atoms with Gasteiger partial charge in [-0.15, -0.1) is 0 Å². The topological polar surface area (TPSA) is 9.23 Å². The fourth-order valence-electron chi connectivity index (χ4n) is 1.88. The van der Waals surface area contributed by atoms with Gasteiger partial charge in [0.25, 0.3) is 0 Å². The van der Waals surface area contributed by atoms with E-state index in [1.54, 1.807) is 0 Å². The van der Waals surface area contributed by atoms with Crippen LogP contribution in [0.4, 0.5) is 0 Å². The first-order valence-electron chi connectivity index (χ1n) is 5.91. The third-order valence-electron chi connectivity index (χ3n) is 2.97. The van der Waals surface area contributed by atoms with Gasteiger partial charge in [-0.2, -0.15) is 0 Å². The Balaban J connectivity index is 2.10. The normalized spacial score (nSPS) is 10.3. The van der Waals surface area contributed by atoms with Crippen molar-refractivity contribution in [2.75, 3.05) is 0 Å². The summed E-state index contributed by atoms with van der Waals surface area (Å²) < 4.78 is 5.84. The summed E-state index contributed by atoms with van der Waals surface area (Å²) in [6.45, 7) is 6.94. The number of rotatable bonds is 3. The van der Waals surface area contributed by atoms with E-state index in [0.717, 1.165) is 5.75 Å². The van der Waals surface area contributed by atoms with Crippen LogP contribution in [0.5, 0.6) is 5.75 Å². The van der Waals surface area contributed by atoms with Crippen molar-refractivity contribution >= 4 is 0 Å². The van der Waals surface area contributed by atoms with Gasteiger partial charge < -0.3 is 4.74 Å². The van der Waals surface area contributed by atoms with E-state index in [9.17, 15) is 0 Å². The Kier molecular flexibility index (Phi) is 3.48. The van der Waals surface area contributed by atoms with Crippen molar-refractivity contribution in [2.45, 2.75) is 27.4 Å². The van der Waals surface area contributed by atoms with Crippen LogP contribution in [0.3, 0.4) is 0 Å². The van der Waals surface area contributed by atoms with Gasteiger partial charge in [0.2, 0.25) is 0 Å². The van der Waals surface area contributed by atoms with E-state index in [0.29, 0.717) is 6.61 Å². The second kappa shape index (κ2) is 5.05. The predicted octanol–water partition coefficient (Wildman–Crippen LogP) is 4.19. The molecule has 0 fully saturated rings. The summed E-state index contributed by atoms with van der Waals surface area (Å²) in [5, 5.41) is 0. The molecular weight excluding hydrogens is 208 g/mol. The van der Waals surface area contributed by atoms with Gasteiger partial charge >= 0.3 is 0 Å². The lowest BCUT2D eigenvalue weighted by atomic mass is 10.1. The molecule has 1 nitrogen and oxygen atoms in total. The Morgan fingerprint density at radius 2 is 1.65 bits per heavy atom. The summed E-state index contributed by atoms with van der Waals surface area (Å²) in [7, 11) is 0. The average molecular weight is 226 g/mol. The third kappa shape index (κ3) is 2.88. The first-order chi connectivity index (χ1) is 8.16. The number of para-hydroxylation sites is 1. The number of hydrogen-bond donors (Lipinski definition) is 0. The van der Waals surface area contributed by atoms with Crippen molar-refractivity contribution < 1.29 is 4.74 Å². The first-order valence-corrected chi connectivity index (χ1v) is 5.91. The minimum atomic E-state index is 0.636. The average Bonchev–Trinajstić information content (AvgIpc) is 2.30. The number of aryl methyl sites for hydroxylation is 3. The lowest BCUT2D eigenvalue weighted by Crippen LogP contribution is -1.99. The molecule has 0 aliphatic carbocycles. The Morgan fingerprint density at radius 3 is 2.35 bits per heavy atom. The van der Waals surface area contributed by atoms with Gasteiger partial charge in [-0.1, -0.05) is 42.0 Å². The molecule has 0 spiro atoms. The Bertz CT molecular complexity index is 515. The fraction of sp³-hybridized carbons (Fsp3) is 0.250. The first kappa shape index (κ1) is 11.7. The number of benzene rings is 2. The van der Waals surface area contributed by atoms with Crippen molar-refractivity contribution in [3.63, 3.8) is 0 Å². The monoisotopic (exact) mass is 226 g/mol. The van der Waals surface area contributed by atoms with Crippen molar-refractivity contribution in [1.29, 1.82) is 0 Å². The van der Waals surface area contributed by atoms with Crippen LogP contribution in [-0.2, 0) is 6.61 Å². The van der Waals surface area contributed by atoms with E-state index in [2.05, 4.69) is 45.0 Å². The molecule has 2 aromatic rings. The summed E-state index contributed by atoms with van der Waals surface area (Å²) in [5.74, 6) is 0.965. The quantitative estimate of drug-likeness (QED) is 0.762. The van der Waals surface area contributed by atoms with E-state index >= 15 is 0 Å². The molecule has 0 aliphatic rings. The van der Waals surface area contributed by atoms with Crippen LogP contribution in [0.15, 0.2) is 42.5 Å². The minimum absolute atomic E-state index is 0.636. The zero-order valence-corrected chi connectivity index (χ0v) is 10.7.